The molecule has 33 heavy (non-hydrogen) atoms. The second-order valence-corrected chi connectivity index (χ2v) is 7.76. The van der Waals surface area contributed by atoms with Gasteiger partial charge in [-0.3, -0.25) is 0 Å². The van der Waals surface area contributed by atoms with Gasteiger partial charge in [0.1, 0.15) is 18.1 Å². The number of esters is 2. The molecular formula is C27H26O6. The third-order valence-corrected chi connectivity index (χ3v) is 5.30. The van der Waals surface area contributed by atoms with Crippen LogP contribution in [0.15, 0.2) is 78.9 Å². The Bertz CT molecular complexity index is 1060. The van der Waals surface area contributed by atoms with E-state index in [1.165, 1.54) is 11.6 Å². The molecule has 1 unspecified atom stereocenters. The molecule has 4 rings (SSSR count). The van der Waals surface area contributed by atoms with Gasteiger partial charge in [0.25, 0.3) is 0 Å². The van der Waals surface area contributed by atoms with E-state index in [2.05, 4.69) is 12.1 Å². The van der Waals surface area contributed by atoms with Crippen LogP contribution in [-0.2, 0) is 15.9 Å². The molecule has 6 heteroatoms. The molecule has 0 N–H and O–H groups in total. The Morgan fingerprint density at radius 1 is 0.848 bits per heavy atom. The minimum atomic E-state index is -0.518. The van der Waals surface area contributed by atoms with E-state index < -0.39 is 11.9 Å². The number of hydrogen-bond acceptors (Lipinski definition) is 6. The summed E-state index contributed by atoms with van der Waals surface area (Å²) in [6.45, 7) is 1.47. The molecule has 0 amide bonds. The van der Waals surface area contributed by atoms with E-state index in [1.54, 1.807) is 42.5 Å². The molecule has 170 valence electrons. The molecule has 1 fully saturated rings. The molecule has 0 aliphatic carbocycles. The first-order valence-corrected chi connectivity index (χ1v) is 11.0. The lowest BCUT2D eigenvalue weighted by molar-refractivity contribution is 0.0161. The van der Waals surface area contributed by atoms with E-state index in [1.807, 2.05) is 18.2 Å². The lowest BCUT2D eigenvalue weighted by Crippen LogP contribution is -2.18. The van der Waals surface area contributed by atoms with Gasteiger partial charge in [-0.1, -0.05) is 36.4 Å². The third-order valence-electron chi connectivity index (χ3n) is 5.30. The summed E-state index contributed by atoms with van der Waals surface area (Å²) in [5, 5.41) is 0. The lowest BCUT2D eigenvalue weighted by Gasteiger charge is -2.11. The van der Waals surface area contributed by atoms with E-state index in [4.69, 9.17) is 18.9 Å². The van der Waals surface area contributed by atoms with Crippen LogP contribution in [0.3, 0.4) is 0 Å². The van der Waals surface area contributed by atoms with Crippen molar-refractivity contribution in [2.75, 3.05) is 19.8 Å². The zero-order valence-electron chi connectivity index (χ0n) is 18.3. The quantitative estimate of drug-likeness (QED) is 0.345. The fraction of sp³-hybridized carbons (Fsp3) is 0.259. The molecule has 0 aromatic heterocycles. The van der Waals surface area contributed by atoms with Gasteiger partial charge in [0, 0.05) is 13.0 Å². The van der Waals surface area contributed by atoms with Crippen molar-refractivity contribution < 1.29 is 28.5 Å². The highest BCUT2D eigenvalue weighted by molar-refractivity contribution is 5.92. The van der Waals surface area contributed by atoms with E-state index in [0.29, 0.717) is 30.1 Å². The Hall–Kier alpha value is -3.64. The Labute approximate surface area is 193 Å². The average Bonchev–Trinajstić information content (AvgIpc) is 3.37. The van der Waals surface area contributed by atoms with Crippen LogP contribution in [0, 0.1) is 0 Å². The third kappa shape index (κ3) is 6.67. The summed E-state index contributed by atoms with van der Waals surface area (Å²) in [6, 6.07) is 23.3. The lowest BCUT2D eigenvalue weighted by atomic mass is 10.2. The van der Waals surface area contributed by atoms with Crippen molar-refractivity contribution in [3.63, 3.8) is 0 Å². The molecule has 0 bridgehead atoms. The van der Waals surface area contributed by atoms with Gasteiger partial charge in [-0.15, -0.1) is 0 Å². The van der Waals surface area contributed by atoms with Crippen molar-refractivity contribution in [2.24, 2.45) is 0 Å². The summed E-state index contributed by atoms with van der Waals surface area (Å²) in [4.78, 5) is 24.8. The number of carbonyl (C=O) groups excluding carboxylic acids is 2. The molecular weight excluding hydrogens is 420 g/mol. The van der Waals surface area contributed by atoms with Gasteiger partial charge in [-0.25, -0.2) is 9.59 Å². The fourth-order valence-electron chi connectivity index (χ4n) is 3.50. The predicted molar refractivity (Wildman–Crippen MR) is 123 cm³/mol. The van der Waals surface area contributed by atoms with Gasteiger partial charge < -0.3 is 18.9 Å². The summed E-state index contributed by atoms with van der Waals surface area (Å²) in [5.74, 6) is -0.0377. The second-order valence-electron chi connectivity index (χ2n) is 7.76. The number of benzene rings is 3. The summed E-state index contributed by atoms with van der Waals surface area (Å²) in [6.07, 6.45) is 2.63. The van der Waals surface area contributed by atoms with Crippen LogP contribution in [0.5, 0.6) is 11.5 Å². The topological polar surface area (TPSA) is 71.1 Å². The highest BCUT2D eigenvalue weighted by Gasteiger charge is 2.18. The first-order chi connectivity index (χ1) is 16.2. The van der Waals surface area contributed by atoms with Crippen LogP contribution in [0.25, 0.3) is 0 Å². The maximum atomic E-state index is 12.5. The Kier molecular flexibility index (Phi) is 7.72. The normalized spacial score (nSPS) is 15.1. The van der Waals surface area contributed by atoms with Crippen molar-refractivity contribution in [3.05, 3.63) is 95.6 Å². The van der Waals surface area contributed by atoms with Gasteiger partial charge in [-0.05, 0) is 60.9 Å². The van der Waals surface area contributed by atoms with Gasteiger partial charge in [0.15, 0.2) is 0 Å². The summed E-state index contributed by atoms with van der Waals surface area (Å²) >= 11 is 0. The Morgan fingerprint density at radius 3 is 2.42 bits per heavy atom. The summed E-state index contributed by atoms with van der Waals surface area (Å²) in [7, 11) is 0. The van der Waals surface area contributed by atoms with Crippen LogP contribution in [0.1, 0.15) is 39.1 Å². The van der Waals surface area contributed by atoms with E-state index in [0.717, 1.165) is 19.3 Å². The summed E-state index contributed by atoms with van der Waals surface area (Å²) < 4.78 is 22.0. The number of ether oxygens (including phenoxy) is 4. The average molecular weight is 446 g/mol. The van der Waals surface area contributed by atoms with Crippen LogP contribution in [0.2, 0.25) is 0 Å². The van der Waals surface area contributed by atoms with Gasteiger partial charge >= 0.3 is 11.9 Å². The van der Waals surface area contributed by atoms with Crippen LogP contribution >= 0.6 is 0 Å². The molecule has 0 spiro atoms. The highest BCUT2D eigenvalue weighted by atomic mass is 16.6. The first-order valence-electron chi connectivity index (χ1n) is 11.0. The molecule has 0 radical (unpaired) electrons. The van der Waals surface area contributed by atoms with Crippen LogP contribution in [0.4, 0.5) is 0 Å². The number of hydrogen-bond donors (Lipinski definition) is 0. The number of carbonyl (C=O) groups is 2. The van der Waals surface area contributed by atoms with E-state index in [9.17, 15) is 9.59 Å². The zero-order valence-corrected chi connectivity index (χ0v) is 18.3. The molecule has 6 nitrogen and oxygen atoms in total. The fourth-order valence-corrected chi connectivity index (χ4v) is 3.50. The van der Waals surface area contributed by atoms with Gasteiger partial charge in [0.2, 0.25) is 0 Å². The molecule has 1 saturated heterocycles. The van der Waals surface area contributed by atoms with Crippen molar-refractivity contribution in [1.29, 1.82) is 0 Å². The van der Waals surface area contributed by atoms with Crippen molar-refractivity contribution in [1.82, 2.24) is 0 Å². The monoisotopic (exact) mass is 446 g/mol. The van der Waals surface area contributed by atoms with Crippen LogP contribution < -0.4 is 9.47 Å². The van der Waals surface area contributed by atoms with Crippen molar-refractivity contribution in [2.45, 2.75) is 25.4 Å². The molecule has 3 aromatic carbocycles. The molecule has 1 aliphatic rings. The molecule has 0 saturated carbocycles. The van der Waals surface area contributed by atoms with Gasteiger partial charge in [-0.2, -0.15) is 0 Å². The minimum Gasteiger partial charge on any atom is -0.493 e. The minimum absolute atomic E-state index is 0.0414. The maximum absolute atomic E-state index is 12.5. The largest absolute Gasteiger partial charge is 0.493 e. The predicted octanol–water partition coefficient (Wildman–Crippen LogP) is 4.86. The zero-order chi connectivity index (χ0) is 22.9. The Morgan fingerprint density at radius 2 is 1.67 bits per heavy atom. The number of rotatable bonds is 9. The van der Waals surface area contributed by atoms with E-state index in [-0.39, 0.29) is 18.5 Å². The summed E-state index contributed by atoms with van der Waals surface area (Å²) in [5.41, 5.74) is 1.91. The molecule has 1 aliphatic heterocycles. The van der Waals surface area contributed by atoms with Crippen LogP contribution in [-0.4, -0.2) is 37.9 Å². The maximum Gasteiger partial charge on any atom is 0.343 e. The van der Waals surface area contributed by atoms with E-state index >= 15 is 0 Å². The molecule has 1 atom stereocenters. The SMILES string of the molecule is O=C(OCC1CCCO1)c1cccc(OC(=O)c2ccc(OCCc3ccccc3)cc2)c1. The highest BCUT2D eigenvalue weighted by Crippen LogP contribution is 2.19. The first kappa shape index (κ1) is 22.6. The molecule has 3 aromatic rings. The standard InChI is InChI=1S/C27H26O6/c28-26(32-19-25-10-5-16-30-25)22-8-4-9-24(18-22)33-27(29)21-11-13-23(14-12-21)31-17-15-20-6-2-1-3-7-20/h1-4,6-9,11-14,18,25H,5,10,15-17,19H2. The van der Waals surface area contributed by atoms with Crippen molar-refractivity contribution >= 4 is 11.9 Å². The molecule has 1 heterocycles. The van der Waals surface area contributed by atoms with Crippen molar-refractivity contribution in [3.8, 4) is 11.5 Å². The Balaban J connectivity index is 1.27. The smallest absolute Gasteiger partial charge is 0.343 e. The second kappa shape index (κ2) is 11.3. The van der Waals surface area contributed by atoms with Gasteiger partial charge in [0.05, 0.1) is 23.8 Å².